The van der Waals surface area contributed by atoms with Crippen molar-refractivity contribution in [3.05, 3.63) is 100 Å². The second-order valence-corrected chi connectivity index (χ2v) is 8.94. The highest BCUT2D eigenvalue weighted by molar-refractivity contribution is 7.92. The Hall–Kier alpha value is -3.72. The van der Waals surface area contributed by atoms with Crippen LogP contribution < -0.4 is 4.72 Å². The Balaban J connectivity index is 1.60. The standard InChI is InChI=1S/C23H23N3O5S/c1-25(16-6-9-18-7-3-2-4-8-18)23(27)19-12-14-20(15-13-19)24-32(30,31)22-11-5-10-21(17-22)26(28)29/h2-5,7-8,10-15,17,24H,6,9,16H2,1H3. The van der Waals surface area contributed by atoms with Crippen LogP contribution in [-0.4, -0.2) is 37.7 Å². The van der Waals surface area contributed by atoms with Gasteiger partial charge in [0, 0.05) is 37.0 Å². The van der Waals surface area contributed by atoms with Crippen molar-refractivity contribution >= 4 is 27.3 Å². The Bertz CT molecular complexity index is 1200. The van der Waals surface area contributed by atoms with Gasteiger partial charge in [-0.2, -0.15) is 0 Å². The van der Waals surface area contributed by atoms with Gasteiger partial charge in [-0.05, 0) is 48.7 Å². The van der Waals surface area contributed by atoms with E-state index >= 15 is 0 Å². The van der Waals surface area contributed by atoms with Crippen LogP contribution in [0.15, 0.2) is 83.8 Å². The topological polar surface area (TPSA) is 110 Å². The zero-order valence-electron chi connectivity index (χ0n) is 17.5. The van der Waals surface area contributed by atoms with Crippen molar-refractivity contribution in [1.29, 1.82) is 0 Å². The van der Waals surface area contributed by atoms with Gasteiger partial charge in [0.25, 0.3) is 21.6 Å². The number of nitro groups is 1. The number of non-ortho nitro benzene ring substituents is 1. The van der Waals surface area contributed by atoms with Gasteiger partial charge < -0.3 is 4.90 Å². The highest BCUT2D eigenvalue weighted by atomic mass is 32.2. The molecule has 166 valence electrons. The summed E-state index contributed by atoms with van der Waals surface area (Å²) in [6.45, 7) is 0.592. The van der Waals surface area contributed by atoms with Crippen LogP contribution in [0.3, 0.4) is 0 Å². The lowest BCUT2D eigenvalue weighted by Crippen LogP contribution is -2.28. The molecular weight excluding hydrogens is 430 g/mol. The van der Waals surface area contributed by atoms with E-state index in [2.05, 4.69) is 16.9 Å². The number of carbonyl (C=O) groups excluding carboxylic acids is 1. The van der Waals surface area contributed by atoms with Crippen LogP contribution in [0.4, 0.5) is 11.4 Å². The van der Waals surface area contributed by atoms with Crippen LogP contribution in [0.5, 0.6) is 0 Å². The predicted molar refractivity (Wildman–Crippen MR) is 122 cm³/mol. The minimum absolute atomic E-state index is 0.161. The van der Waals surface area contributed by atoms with Gasteiger partial charge in [0.1, 0.15) is 0 Å². The van der Waals surface area contributed by atoms with Gasteiger partial charge in [-0.25, -0.2) is 8.42 Å². The number of rotatable bonds is 9. The summed E-state index contributed by atoms with van der Waals surface area (Å²) in [7, 11) is -2.28. The van der Waals surface area contributed by atoms with Gasteiger partial charge in [0.05, 0.1) is 9.82 Å². The molecule has 0 saturated heterocycles. The van der Waals surface area contributed by atoms with E-state index in [4.69, 9.17) is 0 Å². The van der Waals surface area contributed by atoms with Gasteiger partial charge in [0.2, 0.25) is 0 Å². The van der Waals surface area contributed by atoms with E-state index in [1.165, 1.54) is 35.9 Å². The van der Waals surface area contributed by atoms with Gasteiger partial charge in [-0.1, -0.05) is 36.4 Å². The van der Waals surface area contributed by atoms with E-state index in [9.17, 15) is 23.3 Å². The minimum Gasteiger partial charge on any atom is -0.342 e. The largest absolute Gasteiger partial charge is 0.342 e. The number of sulfonamides is 1. The zero-order valence-corrected chi connectivity index (χ0v) is 18.3. The number of amides is 1. The van der Waals surface area contributed by atoms with Crippen LogP contribution in [0.25, 0.3) is 0 Å². The Morgan fingerprint density at radius 3 is 2.34 bits per heavy atom. The van der Waals surface area contributed by atoms with Crippen molar-refractivity contribution in [2.75, 3.05) is 18.3 Å². The van der Waals surface area contributed by atoms with Crippen molar-refractivity contribution in [1.82, 2.24) is 4.90 Å². The zero-order chi connectivity index (χ0) is 23.1. The summed E-state index contributed by atoms with van der Waals surface area (Å²) in [5, 5.41) is 10.9. The lowest BCUT2D eigenvalue weighted by molar-refractivity contribution is -0.385. The summed E-state index contributed by atoms with van der Waals surface area (Å²) in [6.07, 6.45) is 1.70. The molecule has 1 amide bonds. The number of nitrogens with zero attached hydrogens (tertiary/aromatic N) is 2. The van der Waals surface area contributed by atoms with Crippen LogP contribution in [0.2, 0.25) is 0 Å². The normalized spacial score (nSPS) is 11.0. The van der Waals surface area contributed by atoms with E-state index in [1.54, 1.807) is 24.1 Å². The maximum absolute atomic E-state index is 12.6. The Labute approximate surface area is 186 Å². The molecule has 0 fully saturated rings. The molecule has 0 radical (unpaired) electrons. The lowest BCUT2D eigenvalue weighted by Gasteiger charge is -2.17. The first-order valence-corrected chi connectivity index (χ1v) is 11.4. The molecule has 3 aromatic rings. The molecule has 9 heteroatoms. The smallest absolute Gasteiger partial charge is 0.270 e. The number of aryl methyl sites for hydroxylation is 1. The molecule has 0 atom stereocenters. The molecule has 1 N–H and O–H groups in total. The predicted octanol–water partition coefficient (Wildman–Crippen LogP) is 4.10. The minimum atomic E-state index is -4.01. The first-order valence-electron chi connectivity index (χ1n) is 9.93. The Kier molecular flexibility index (Phi) is 7.21. The van der Waals surface area contributed by atoms with Crippen molar-refractivity contribution in [2.45, 2.75) is 17.7 Å². The van der Waals surface area contributed by atoms with Crippen molar-refractivity contribution < 1.29 is 18.1 Å². The van der Waals surface area contributed by atoms with E-state index in [0.29, 0.717) is 12.1 Å². The highest BCUT2D eigenvalue weighted by Gasteiger charge is 2.18. The van der Waals surface area contributed by atoms with E-state index in [1.807, 2.05) is 18.2 Å². The monoisotopic (exact) mass is 453 g/mol. The number of carbonyl (C=O) groups is 1. The number of hydrogen-bond acceptors (Lipinski definition) is 5. The summed E-state index contributed by atoms with van der Waals surface area (Å²) >= 11 is 0. The second-order valence-electron chi connectivity index (χ2n) is 7.25. The van der Waals surface area contributed by atoms with E-state index in [0.717, 1.165) is 18.9 Å². The third-order valence-corrected chi connectivity index (χ3v) is 6.25. The summed E-state index contributed by atoms with van der Waals surface area (Å²) in [6, 6.07) is 20.9. The van der Waals surface area contributed by atoms with E-state index in [-0.39, 0.29) is 22.2 Å². The number of nitro benzene ring substituents is 1. The highest BCUT2D eigenvalue weighted by Crippen LogP contribution is 2.21. The summed E-state index contributed by atoms with van der Waals surface area (Å²) < 4.78 is 27.4. The molecule has 0 heterocycles. The summed E-state index contributed by atoms with van der Waals surface area (Å²) in [4.78, 5) is 24.3. The average Bonchev–Trinajstić information content (AvgIpc) is 2.79. The van der Waals surface area contributed by atoms with Crippen molar-refractivity contribution in [3.63, 3.8) is 0 Å². The van der Waals surface area contributed by atoms with Gasteiger partial charge in [0.15, 0.2) is 0 Å². The maximum atomic E-state index is 12.6. The third kappa shape index (κ3) is 5.92. The van der Waals surface area contributed by atoms with Crippen LogP contribution >= 0.6 is 0 Å². The van der Waals surface area contributed by atoms with Crippen LogP contribution in [0.1, 0.15) is 22.3 Å². The third-order valence-electron chi connectivity index (χ3n) is 4.87. The molecule has 0 bridgehead atoms. The fourth-order valence-corrected chi connectivity index (χ4v) is 4.24. The molecule has 8 nitrogen and oxygen atoms in total. The molecule has 0 unspecified atom stereocenters. The molecule has 0 aliphatic carbocycles. The lowest BCUT2D eigenvalue weighted by atomic mass is 10.1. The summed E-state index contributed by atoms with van der Waals surface area (Å²) in [5.41, 5.74) is 1.59. The molecule has 0 aliphatic rings. The molecule has 0 saturated carbocycles. The molecule has 0 spiro atoms. The fourth-order valence-electron chi connectivity index (χ4n) is 3.15. The first-order chi connectivity index (χ1) is 15.3. The molecule has 3 aromatic carbocycles. The van der Waals surface area contributed by atoms with Gasteiger partial charge >= 0.3 is 0 Å². The van der Waals surface area contributed by atoms with Crippen LogP contribution in [0, 0.1) is 10.1 Å². The second kappa shape index (κ2) is 10.1. The number of hydrogen-bond donors (Lipinski definition) is 1. The number of benzene rings is 3. The number of anilines is 1. The molecule has 32 heavy (non-hydrogen) atoms. The van der Waals surface area contributed by atoms with Crippen LogP contribution in [-0.2, 0) is 16.4 Å². The van der Waals surface area contributed by atoms with Gasteiger partial charge in [-0.3, -0.25) is 19.6 Å². The Morgan fingerprint density at radius 1 is 1.00 bits per heavy atom. The molecule has 3 rings (SSSR count). The molecule has 0 aromatic heterocycles. The van der Waals surface area contributed by atoms with Crippen molar-refractivity contribution in [2.24, 2.45) is 0 Å². The first kappa shape index (κ1) is 23.0. The Morgan fingerprint density at radius 2 is 1.69 bits per heavy atom. The van der Waals surface area contributed by atoms with Crippen molar-refractivity contribution in [3.8, 4) is 0 Å². The summed E-state index contributed by atoms with van der Waals surface area (Å²) in [5.74, 6) is -0.161. The molecular formula is C23H23N3O5S. The quantitative estimate of drug-likeness (QED) is 0.387. The van der Waals surface area contributed by atoms with Gasteiger partial charge in [-0.15, -0.1) is 0 Å². The van der Waals surface area contributed by atoms with E-state index < -0.39 is 14.9 Å². The SMILES string of the molecule is CN(CCCc1ccccc1)C(=O)c1ccc(NS(=O)(=O)c2cccc([N+](=O)[O-])c2)cc1. The average molecular weight is 454 g/mol. The maximum Gasteiger partial charge on any atom is 0.270 e. The fraction of sp³-hybridized carbons (Fsp3) is 0.174. The molecule has 0 aliphatic heterocycles. The number of nitrogens with one attached hydrogen (secondary N) is 1.